The van der Waals surface area contributed by atoms with Gasteiger partial charge in [-0.05, 0) is 61.4 Å². The molecule has 1 aliphatic heterocycles. The monoisotopic (exact) mass is 443 g/mol. The molecule has 5 rings (SSSR count). The molecule has 0 aliphatic carbocycles. The summed E-state index contributed by atoms with van der Waals surface area (Å²) in [7, 11) is 0. The molecule has 2 aromatic carbocycles. The number of hydrogen-bond donors (Lipinski definition) is 1. The van der Waals surface area contributed by atoms with E-state index in [0.717, 1.165) is 10.9 Å². The fraction of sp³-hybridized carbons (Fsp3) is 0.192. The average molecular weight is 443 g/mol. The molecule has 4 aromatic rings. The average Bonchev–Trinajstić information content (AvgIpc) is 3.39. The number of piperidine rings is 1. The number of carbonyl (C=O) groups is 2. The number of pyridine rings is 1. The number of halogens is 1. The van der Waals surface area contributed by atoms with Gasteiger partial charge in [-0.3, -0.25) is 9.59 Å². The topological polar surface area (TPSA) is 75.4 Å². The van der Waals surface area contributed by atoms with Crippen molar-refractivity contribution in [2.75, 3.05) is 13.1 Å². The van der Waals surface area contributed by atoms with Crippen LogP contribution in [0.4, 0.5) is 4.39 Å². The number of aromatic nitrogens is 1. The van der Waals surface area contributed by atoms with Gasteiger partial charge in [0.2, 0.25) is 0 Å². The van der Waals surface area contributed by atoms with Gasteiger partial charge in [-0.25, -0.2) is 9.37 Å². The van der Waals surface area contributed by atoms with Crippen molar-refractivity contribution in [3.8, 4) is 11.5 Å². The van der Waals surface area contributed by atoms with Crippen molar-refractivity contribution in [3.63, 3.8) is 0 Å². The zero-order valence-electron chi connectivity index (χ0n) is 17.8. The first kappa shape index (κ1) is 20.9. The number of benzene rings is 2. The van der Waals surface area contributed by atoms with Crippen LogP contribution < -0.4 is 5.32 Å². The van der Waals surface area contributed by atoms with Crippen LogP contribution in [0, 0.1) is 5.82 Å². The molecule has 0 spiro atoms. The Morgan fingerprint density at radius 1 is 1.00 bits per heavy atom. The van der Waals surface area contributed by atoms with Crippen LogP contribution in [0.1, 0.15) is 33.6 Å². The predicted octanol–water partition coefficient (Wildman–Crippen LogP) is 4.67. The summed E-state index contributed by atoms with van der Waals surface area (Å²) in [6, 6.07) is 18.4. The van der Waals surface area contributed by atoms with E-state index in [0.29, 0.717) is 48.5 Å². The maximum absolute atomic E-state index is 13.5. The number of fused-ring (bicyclic) bond motifs is 1. The van der Waals surface area contributed by atoms with E-state index in [1.54, 1.807) is 18.4 Å². The first-order chi connectivity index (χ1) is 16.1. The second kappa shape index (κ2) is 8.86. The lowest BCUT2D eigenvalue weighted by Crippen LogP contribution is -2.46. The van der Waals surface area contributed by atoms with Crippen LogP contribution in [0.2, 0.25) is 0 Å². The molecule has 6 nitrogen and oxygen atoms in total. The van der Waals surface area contributed by atoms with Crippen molar-refractivity contribution in [2.45, 2.75) is 18.9 Å². The van der Waals surface area contributed by atoms with E-state index in [9.17, 15) is 14.0 Å². The van der Waals surface area contributed by atoms with Gasteiger partial charge >= 0.3 is 0 Å². The van der Waals surface area contributed by atoms with Crippen LogP contribution in [-0.4, -0.2) is 40.8 Å². The molecule has 1 saturated heterocycles. The maximum atomic E-state index is 13.5. The third kappa shape index (κ3) is 4.35. The Balaban J connectivity index is 1.31. The number of para-hydroxylation sites is 1. The van der Waals surface area contributed by atoms with Crippen molar-refractivity contribution in [1.82, 2.24) is 15.2 Å². The molecule has 0 radical (unpaired) electrons. The summed E-state index contributed by atoms with van der Waals surface area (Å²) in [6.45, 7) is 1.06. The molecule has 7 heteroatoms. The molecule has 1 aliphatic rings. The normalized spacial score (nSPS) is 14.4. The summed E-state index contributed by atoms with van der Waals surface area (Å²) in [5, 5.41) is 3.79. The Hall–Kier alpha value is -4.00. The molecule has 0 bridgehead atoms. The second-order valence-corrected chi connectivity index (χ2v) is 8.10. The molecule has 0 saturated carbocycles. The van der Waals surface area contributed by atoms with Crippen LogP contribution in [0.3, 0.4) is 0 Å². The smallest absolute Gasteiger partial charge is 0.254 e. The van der Waals surface area contributed by atoms with Gasteiger partial charge in [0, 0.05) is 30.1 Å². The van der Waals surface area contributed by atoms with Gasteiger partial charge in [0.05, 0.1) is 17.3 Å². The van der Waals surface area contributed by atoms with Gasteiger partial charge in [-0.1, -0.05) is 18.2 Å². The number of carbonyl (C=O) groups excluding carboxylic acids is 2. The molecule has 2 amide bonds. The summed E-state index contributed by atoms with van der Waals surface area (Å²) >= 11 is 0. The van der Waals surface area contributed by atoms with Gasteiger partial charge < -0.3 is 14.6 Å². The maximum Gasteiger partial charge on any atom is 0.254 e. The summed E-state index contributed by atoms with van der Waals surface area (Å²) in [6.07, 6.45) is 2.87. The fourth-order valence-corrected chi connectivity index (χ4v) is 4.17. The minimum Gasteiger partial charge on any atom is -0.463 e. The lowest BCUT2D eigenvalue weighted by atomic mass is 10.0. The van der Waals surface area contributed by atoms with E-state index in [2.05, 4.69) is 10.3 Å². The highest BCUT2D eigenvalue weighted by Gasteiger charge is 2.26. The lowest BCUT2D eigenvalue weighted by molar-refractivity contribution is 0.0700. The lowest BCUT2D eigenvalue weighted by Gasteiger charge is -2.32. The van der Waals surface area contributed by atoms with Crippen LogP contribution in [0.5, 0.6) is 0 Å². The molecule has 0 atom stereocenters. The standard InChI is InChI=1S/C26H22FN3O3/c27-18-9-7-17(8-10-18)25(31)28-19-11-13-30(14-12-19)26(32)21-16-23(24-6-3-15-33-24)29-22-5-2-1-4-20(21)22/h1-10,15-16,19H,11-14H2,(H,28,31). The van der Waals surface area contributed by atoms with Crippen molar-refractivity contribution in [1.29, 1.82) is 0 Å². The van der Waals surface area contributed by atoms with E-state index >= 15 is 0 Å². The second-order valence-electron chi connectivity index (χ2n) is 8.10. The van der Waals surface area contributed by atoms with E-state index in [1.165, 1.54) is 24.3 Å². The van der Waals surface area contributed by atoms with Crippen molar-refractivity contribution in [3.05, 3.63) is 89.9 Å². The molecule has 0 unspecified atom stereocenters. The van der Waals surface area contributed by atoms with E-state index in [-0.39, 0.29) is 23.7 Å². The molecule has 3 heterocycles. The SMILES string of the molecule is O=C(NC1CCN(C(=O)c2cc(-c3ccco3)nc3ccccc23)CC1)c1ccc(F)cc1. The van der Waals surface area contributed by atoms with Gasteiger partial charge in [0.1, 0.15) is 11.5 Å². The minimum atomic E-state index is -0.378. The number of furan rings is 1. The molecular formula is C26H22FN3O3. The predicted molar refractivity (Wildman–Crippen MR) is 122 cm³/mol. The van der Waals surface area contributed by atoms with E-state index in [1.807, 2.05) is 35.2 Å². The Morgan fingerprint density at radius 3 is 2.48 bits per heavy atom. The zero-order chi connectivity index (χ0) is 22.8. The highest BCUT2D eigenvalue weighted by molar-refractivity contribution is 6.07. The number of nitrogens with one attached hydrogen (secondary N) is 1. The Kier molecular flexibility index (Phi) is 5.60. The Labute approximate surface area is 190 Å². The summed E-state index contributed by atoms with van der Waals surface area (Å²) in [5.41, 5.74) is 2.35. The van der Waals surface area contributed by atoms with Crippen LogP contribution in [-0.2, 0) is 0 Å². The van der Waals surface area contributed by atoms with Crippen LogP contribution in [0.25, 0.3) is 22.4 Å². The fourth-order valence-electron chi connectivity index (χ4n) is 4.17. The molecule has 33 heavy (non-hydrogen) atoms. The van der Waals surface area contributed by atoms with Crippen molar-refractivity contribution in [2.24, 2.45) is 0 Å². The minimum absolute atomic E-state index is 0.0422. The number of rotatable bonds is 4. The first-order valence-electron chi connectivity index (χ1n) is 10.9. The van der Waals surface area contributed by atoms with Crippen molar-refractivity contribution < 1.29 is 18.4 Å². The number of nitrogens with zero attached hydrogens (tertiary/aromatic N) is 2. The van der Waals surface area contributed by atoms with Gasteiger partial charge in [-0.15, -0.1) is 0 Å². The van der Waals surface area contributed by atoms with Gasteiger partial charge in [0.15, 0.2) is 5.76 Å². The number of hydrogen-bond acceptors (Lipinski definition) is 4. The number of amides is 2. The number of likely N-dealkylation sites (tertiary alicyclic amines) is 1. The van der Waals surface area contributed by atoms with E-state index in [4.69, 9.17) is 4.42 Å². The third-order valence-corrected chi connectivity index (χ3v) is 5.94. The van der Waals surface area contributed by atoms with Gasteiger partial charge in [0.25, 0.3) is 11.8 Å². The Bertz CT molecular complexity index is 1290. The zero-order valence-corrected chi connectivity index (χ0v) is 17.8. The Morgan fingerprint density at radius 2 is 1.76 bits per heavy atom. The molecular weight excluding hydrogens is 421 g/mol. The van der Waals surface area contributed by atoms with E-state index < -0.39 is 0 Å². The van der Waals surface area contributed by atoms with Crippen LogP contribution >= 0.6 is 0 Å². The summed E-state index contributed by atoms with van der Waals surface area (Å²) in [4.78, 5) is 32.4. The highest BCUT2D eigenvalue weighted by Crippen LogP contribution is 2.27. The first-order valence-corrected chi connectivity index (χ1v) is 10.9. The molecule has 2 aromatic heterocycles. The van der Waals surface area contributed by atoms with Gasteiger partial charge in [-0.2, -0.15) is 0 Å². The largest absolute Gasteiger partial charge is 0.463 e. The molecule has 166 valence electrons. The summed E-state index contributed by atoms with van der Waals surface area (Å²) < 4.78 is 18.6. The quantitative estimate of drug-likeness (QED) is 0.497. The third-order valence-electron chi connectivity index (χ3n) is 5.94. The van der Waals surface area contributed by atoms with Crippen molar-refractivity contribution >= 4 is 22.7 Å². The molecule has 1 fully saturated rings. The highest BCUT2D eigenvalue weighted by atomic mass is 19.1. The van der Waals surface area contributed by atoms with Crippen LogP contribution in [0.15, 0.2) is 77.4 Å². The molecule has 1 N–H and O–H groups in total. The summed E-state index contributed by atoms with van der Waals surface area (Å²) in [5.74, 6) is -0.0676.